The molecule has 1 aliphatic carbocycles. The third-order valence-corrected chi connectivity index (χ3v) is 9.52. The van der Waals surface area contributed by atoms with Gasteiger partial charge in [0.05, 0.1) is 36.8 Å². The molecule has 1 saturated carbocycles. The fraction of sp³-hybridized carbons (Fsp3) is 0.667. The molecule has 188 valence electrons. The zero-order chi connectivity index (χ0) is 24.5. The highest BCUT2D eigenvalue weighted by Crippen LogP contribution is 2.36. The standard InChI is InChI=1S/C24H35N3O6S/c1-16-5-4-6-21(17(16)2)27-15-18(13-23(27)28)24(29)25-20-14-19(7-8-22(20)32-3)34(30,31)26-9-11-33-12-10-26/h7-8,14,16-18,21H,4-6,9-13,15H2,1-3H3,(H,25,29). The number of carbonyl (C=O) groups is 2. The predicted molar refractivity (Wildman–Crippen MR) is 127 cm³/mol. The molecule has 2 saturated heterocycles. The highest BCUT2D eigenvalue weighted by molar-refractivity contribution is 7.89. The van der Waals surface area contributed by atoms with Crippen LogP contribution in [0.2, 0.25) is 0 Å². The molecule has 3 fully saturated rings. The Morgan fingerprint density at radius 3 is 2.62 bits per heavy atom. The van der Waals surface area contributed by atoms with Crippen LogP contribution >= 0.6 is 0 Å². The minimum absolute atomic E-state index is 0.0155. The third kappa shape index (κ3) is 4.94. The van der Waals surface area contributed by atoms with E-state index < -0.39 is 15.9 Å². The maximum Gasteiger partial charge on any atom is 0.243 e. The van der Waals surface area contributed by atoms with Crippen molar-refractivity contribution in [3.63, 3.8) is 0 Å². The molecular weight excluding hydrogens is 458 g/mol. The first-order valence-electron chi connectivity index (χ1n) is 12.1. The van der Waals surface area contributed by atoms with Crippen molar-refractivity contribution >= 4 is 27.5 Å². The molecule has 3 aliphatic rings. The highest BCUT2D eigenvalue weighted by atomic mass is 32.2. The van der Waals surface area contributed by atoms with Gasteiger partial charge in [-0.1, -0.05) is 26.7 Å². The number of hydrogen-bond donors (Lipinski definition) is 1. The molecule has 4 atom stereocenters. The Bertz CT molecular complexity index is 1020. The van der Waals surface area contributed by atoms with E-state index in [4.69, 9.17) is 9.47 Å². The molecule has 1 aromatic rings. The molecule has 0 spiro atoms. The smallest absolute Gasteiger partial charge is 0.243 e. The Morgan fingerprint density at radius 2 is 1.91 bits per heavy atom. The second-order valence-corrected chi connectivity index (χ2v) is 11.6. The molecule has 0 aromatic heterocycles. The summed E-state index contributed by atoms with van der Waals surface area (Å²) in [5.74, 6) is 0.557. The number of carbonyl (C=O) groups excluding carboxylic acids is 2. The summed E-state index contributed by atoms with van der Waals surface area (Å²) in [6.45, 7) is 6.09. The van der Waals surface area contributed by atoms with Gasteiger partial charge < -0.3 is 19.7 Å². The van der Waals surface area contributed by atoms with Gasteiger partial charge in [0.2, 0.25) is 21.8 Å². The third-order valence-electron chi connectivity index (χ3n) is 7.63. The number of hydrogen-bond acceptors (Lipinski definition) is 6. The summed E-state index contributed by atoms with van der Waals surface area (Å²) in [5, 5.41) is 2.83. The van der Waals surface area contributed by atoms with Gasteiger partial charge in [-0.25, -0.2) is 8.42 Å². The van der Waals surface area contributed by atoms with Gasteiger partial charge >= 0.3 is 0 Å². The number of nitrogens with one attached hydrogen (secondary N) is 1. The molecule has 9 nitrogen and oxygen atoms in total. The topological polar surface area (TPSA) is 105 Å². The first-order chi connectivity index (χ1) is 16.2. The van der Waals surface area contributed by atoms with E-state index in [0.717, 1.165) is 12.8 Å². The fourth-order valence-corrected chi connectivity index (χ4v) is 6.77. The van der Waals surface area contributed by atoms with Crippen molar-refractivity contribution in [2.75, 3.05) is 45.3 Å². The molecular formula is C24H35N3O6S. The lowest BCUT2D eigenvalue weighted by molar-refractivity contribution is -0.131. The monoisotopic (exact) mass is 493 g/mol. The molecule has 2 aliphatic heterocycles. The van der Waals surface area contributed by atoms with Gasteiger partial charge in [-0.15, -0.1) is 0 Å². The number of rotatable bonds is 6. The summed E-state index contributed by atoms with van der Waals surface area (Å²) in [6.07, 6.45) is 3.41. The molecule has 1 aromatic carbocycles. The minimum Gasteiger partial charge on any atom is -0.495 e. The molecule has 4 unspecified atom stereocenters. The maximum absolute atomic E-state index is 13.1. The van der Waals surface area contributed by atoms with E-state index in [9.17, 15) is 18.0 Å². The molecule has 0 radical (unpaired) electrons. The van der Waals surface area contributed by atoms with E-state index in [1.165, 1.54) is 30.0 Å². The van der Waals surface area contributed by atoms with Gasteiger partial charge in [0.1, 0.15) is 5.75 Å². The predicted octanol–water partition coefficient (Wildman–Crippen LogP) is 2.33. The van der Waals surface area contributed by atoms with Crippen molar-refractivity contribution in [3.8, 4) is 5.75 Å². The lowest BCUT2D eigenvalue weighted by Gasteiger charge is -2.40. The van der Waals surface area contributed by atoms with Crippen LogP contribution in [0.5, 0.6) is 5.75 Å². The van der Waals surface area contributed by atoms with Crippen molar-refractivity contribution in [3.05, 3.63) is 18.2 Å². The van der Waals surface area contributed by atoms with E-state index in [0.29, 0.717) is 37.3 Å². The van der Waals surface area contributed by atoms with Crippen LogP contribution in [0.15, 0.2) is 23.1 Å². The van der Waals surface area contributed by atoms with Gasteiger partial charge in [-0.05, 0) is 36.5 Å². The van der Waals surface area contributed by atoms with Crippen LogP contribution in [0.1, 0.15) is 39.5 Å². The Morgan fingerprint density at radius 1 is 1.18 bits per heavy atom. The van der Waals surface area contributed by atoms with E-state index >= 15 is 0 Å². The van der Waals surface area contributed by atoms with E-state index in [2.05, 4.69) is 19.2 Å². The largest absolute Gasteiger partial charge is 0.495 e. The molecule has 0 bridgehead atoms. The minimum atomic E-state index is -3.72. The summed E-state index contributed by atoms with van der Waals surface area (Å²) in [5.41, 5.74) is 0.285. The number of morpholine rings is 1. The first kappa shape index (κ1) is 24.9. The Kier molecular flexibility index (Phi) is 7.49. The van der Waals surface area contributed by atoms with Crippen LogP contribution in [0.3, 0.4) is 0 Å². The highest BCUT2D eigenvalue weighted by Gasteiger charge is 2.41. The van der Waals surface area contributed by atoms with Crippen LogP contribution < -0.4 is 10.1 Å². The van der Waals surface area contributed by atoms with E-state index in [1.807, 2.05) is 4.90 Å². The SMILES string of the molecule is COc1ccc(S(=O)(=O)N2CCOCC2)cc1NC(=O)C1CC(=O)N(C2CCCC(C)C2C)C1. The maximum atomic E-state index is 13.1. The van der Waals surface area contributed by atoms with Crippen LogP contribution in [0.4, 0.5) is 5.69 Å². The number of ether oxygens (including phenoxy) is 2. The summed E-state index contributed by atoms with van der Waals surface area (Å²) in [6, 6.07) is 4.62. The summed E-state index contributed by atoms with van der Waals surface area (Å²) in [7, 11) is -2.26. The molecule has 34 heavy (non-hydrogen) atoms. The van der Waals surface area contributed by atoms with Crippen molar-refractivity contribution in [2.24, 2.45) is 17.8 Å². The Balaban J connectivity index is 1.49. The van der Waals surface area contributed by atoms with E-state index in [1.54, 1.807) is 6.07 Å². The average Bonchev–Trinajstić information content (AvgIpc) is 3.23. The second-order valence-electron chi connectivity index (χ2n) is 9.65. The van der Waals surface area contributed by atoms with Crippen molar-refractivity contribution in [1.82, 2.24) is 9.21 Å². The molecule has 10 heteroatoms. The summed E-state index contributed by atoms with van der Waals surface area (Å²) in [4.78, 5) is 27.9. The number of anilines is 1. The molecule has 1 N–H and O–H groups in total. The summed E-state index contributed by atoms with van der Waals surface area (Å²) < 4.78 is 38.1. The Hall–Kier alpha value is -2.17. The van der Waals surface area contributed by atoms with Gasteiger partial charge in [0.25, 0.3) is 0 Å². The number of methoxy groups -OCH3 is 1. The van der Waals surface area contributed by atoms with Gasteiger partial charge in [0.15, 0.2) is 0 Å². The number of nitrogens with zero attached hydrogens (tertiary/aromatic N) is 2. The zero-order valence-electron chi connectivity index (χ0n) is 20.2. The van der Waals surface area contributed by atoms with Crippen molar-refractivity contribution in [1.29, 1.82) is 0 Å². The van der Waals surface area contributed by atoms with Gasteiger partial charge in [0, 0.05) is 32.1 Å². The Labute approximate surface area is 201 Å². The van der Waals surface area contributed by atoms with Gasteiger partial charge in [-0.3, -0.25) is 9.59 Å². The van der Waals surface area contributed by atoms with Crippen LogP contribution in [0.25, 0.3) is 0 Å². The number of amides is 2. The number of benzene rings is 1. The molecule has 4 rings (SSSR count). The fourth-order valence-electron chi connectivity index (χ4n) is 5.34. The summed E-state index contributed by atoms with van der Waals surface area (Å²) >= 11 is 0. The van der Waals surface area contributed by atoms with Crippen LogP contribution in [-0.4, -0.2) is 75.4 Å². The van der Waals surface area contributed by atoms with Crippen molar-refractivity contribution in [2.45, 2.75) is 50.5 Å². The number of sulfonamides is 1. The van der Waals surface area contributed by atoms with Crippen LogP contribution in [-0.2, 0) is 24.3 Å². The lowest BCUT2D eigenvalue weighted by atomic mass is 9.77. The van der Waals surface area contributed by atoms with E-state index in [-0.39, 0.29) is 47.9 Å². The number of likely N-dealkylation sites (tertiary alicyclic amines) is 1. The lowest BCUT2D eigenvalue weighted by Crippen LogP contribution is -2.45. The van der Waals surface area contributed by atoms with Crippen molar-refractivity contribution < 1.29 is 27.5 Å². The molecule has 2 heterocycles. The van der Waals surface area contributed by atoms with Gasteiger partial charge in [-0.2, -0.15) is 4.31 Å². The average molecular weight is 494 g/mol. The molecule has 2 amide bonds. The quantitative estimate of drug-likeness (QED) is 0.652. The van der Waals surface area contributed by atoms with Crippen LogP contribution in [0, 0.1) is 17.8 Å². The normalized spacial score (nSPS) is 28.7. The first-order valence-corrected chi connectivity index (χ1v) is 13.5. The second kappa shape index (κ2) is 10.2. The zero-order valence-corrected chi connectivity index (χ0v) is 21.0.